The number of piperidine rings is 1. The summed E-state index contributed by atoms with van der Waals surface area (Å²) in [5.41, 5.74) is 1.87. The number of aliphatic hydroxyl groups is 1. The zero-order valence-electron chi connectivity index (χ0n) is 14.9. The van der Waals surface area contributed by atoms with Crippen molar-refractivity contribution in [2.24, 2.45) is 11.3 Å². The van der Waals surface area contributed by atoms with Crippen LogP contribution in [0.3, 0.4) is 0 Å². The smallest absolute Gasteiger partial charge is 0.317 e. The molecule has 0 spiro atoms. The fourth-order valence-electron chi connectivity index (χ4n) is 4.30. The lowest BCUT2D eigenvalue weighted by Crippen LogP contribution is -2.54. The summed E-state index contributed by atoms with van der Waals surface area (Å²) in [4.78, 5) is 27.6. The van der Waals surface area contributed by atoms with Crippen LogP contribution in [0.15, 0.2) is 24.3 Å². The van der Waals surface area contributed by atoms with Crippen LogP contribution in [-0.2, 0) is 0 Å². The van der Waals surface area contributed by atoms with E-state index in [1.165, 1.54) is 0 Å². The Kier molecular flexibility index (Phi) is 4.99. The summed E-state index contributed by atoms with van der Waals surface area (Å²) in [5, 5.41) is 11.7. The van der Waals surface area contributed by atoms with Crippen molar-refractivity contribution in [1.82, 2.24) is 10.2 Å². The van der Waals surface area contributed by atoms with Gasteiger partial charge >= 0.3 is 6.03 Å². The zero-order valence-corrected chi connectivity index (χ0v) is 14.9. The van der Waals surface area contributed by atoms with Gasteiger partial charge < -0.3 is 20.2 Å². The second-order valence-corrected chi connectivity index (χ2v) is 7.80. The maximum atomic E-state index is 12.4. The number of hydrogen-bond acceptors (Lipinski definition) is 4. The molecule has 6 nitrogen and oxygen atoms in total. The molecule has 2 atom stereocenters. The third-order valence-electron chi connectivity index (χ3n) is 5.46. The van der Waals surface area contributed by atoms with Gasteiger partial charge in [0.05, 0.1) is 12.6 Å². The van der Waals surface area contributed by atoms with Gasteiger partial charge in [-0.2, -0.15) is 0 Å². The summed E-state index contributed by atoms with van der Waals surface area (Å²) in [6, 6.07) is 7.81. The van der Waals surface area contributed by atoms with E-state index in [0.717, 1.165) is 31.5 Å². The van der Waals surface area contributed by atoms with Crippen molar-refractivity contribution in [3.05, 3.63) is 29.8 Å². The van der Waals surface area contributed by atoms with Crippen LogP contribution in [0.1, 0.15) is 30.6 Å². The molecule has 1 unspecified atom stereocenters. The maximum absolute atomic E-state index is 12.4. The van der Waals surface area contributed by atoms with E-state index < -0.39 is 0 Å². The van der Waals surface area contributed by atoms with Crippen molar-refractivity contribution in [2.45, 2.75) is 26.3 Å². The number of carbonyl (C=O) groups is 2. The Hall–Kier alpha value is -2.08. The molecule has 2 amide bonds. The first kappa shape index (κ1) is 17.7. The van der Waals surface area contributed by atoms with Crippen molar-refractivity contribution < 1.29 is 14.7 Å². The highest BCUT2D eigenvalue weighted by Gasteiger charge is 2.46. The number of anilines is 1. The fourth-order valence-corrected chi connectivity index (χ4v) is 4.30. The number of fused-ring (bicyclic) bond motifs is 4. The van der Waals surface area contributed by atoms with Gasteiger partial charge in [0.1, 0.15) is 6.29 Å². The van der Waals surface area contributed by atoms with Crippen LogP contribution in [0, 0.1) is 11.3 Å². The molecule has 2 bridgehead atoms. The highest BCUT2D eigenvalue weighted by Crippen LogP contribution is 2.43. The molecule has 4 rings (SSSR count). The number of aliphatic hydroxyl groups excluding tert-OH is 1. The lowest BCUT2D eigenvalue weighted by atomic mass is 9.73. The molecule has 1 aromatic carbocycles. The minimum atomic E-state index is -0.0973. The average molecular weight is 345 g/mol. The Labute approximate surface area is 148 Å². The van der Waals surface area contributed by atoms with Gasteiger partial charge in [-0.25, -0.2) is 4.79 Å². The van der Waals surface area contributed by atoms with Crippen LogP contribution < -0.4 is 10.2 Å². The van der Waals surface area contributed by atoms with Crippen LogP contribution >= 0.6 is 0 Å². The summed E-state index contributed by atoms with van der Waals surface area (Å²) in [6.07, 6.45) is 1.94. The molecule has 25 heavy (non-hydrogen) atoms. The van der Waals surface area contributed by atoms with E-state index in [0.29, 0.717) is 18.0 Å². The molecule has 0 saturated carbocycles. The lowest BCUT2D eigenvalue weighted by molar-refractivity contribution is 0.112. The summed E-state index contributed by atoms with van der Waals surface area (Å²) in [5.74, 6) is 0.402. The van der Waals surface area contributed by atoms with Gasteiger partial charge in [-0.3, -0.25) is 4.79 Å². The first-order valence-electron chi connectivity index (χ1n) is 8.90. The molecule has 3 heterocycles. The number of benzene rings is 1. The van der Waals surface area contributed by atoms with Crippen LogP contribution in [0.5, 0.6) is 0 Å². The van der Waals surface area contributed by atoms with Gasteiger partial charge in [0.15, 0.2) is 0 Å². The van der Waals surface area contributed by atoms with Gasteiger partial charge in [-0.15, -0.1) is 0 Å². The summed E-state index contributed by atoms with van der Waals surface area (Å²) < 4.78 is 0. The Bertz CT molecular complexity index is 629. The largest absolute Gasteiger partial charge is 0.395 e. The number of rotatable bonds is 4. The molecule has 2 N–H and O–H groups in total. The Morgan fingerprint density at radius 2 is 2.00 bits per heavy atom. The Morgan fingerprint density at radius 1 is 1.28 bits per heavy atom. The molecular formula is C19H27N3O3. The number of aldehydes is 1. The first-order valence-corrected chi connectivity index (χ1v) is 8.90. The second kappa shape index (κ2) is 7.04. The molecule has 3 saturated heterocycles. The number of amides is 2. The van der Waals surface area contributed by atoms with E-state index in [9.17, 15) is 9.59 Å². The highest BCUT2D eigenvalue weighted by atomic mass is 16.3. The van der Waals surface area contributed by atoms with Crippen LogP contribution in [-0.4, -0.2) is 61.2 Å². The van der Waals surface area contributed by atoms with Crippen molar-refractivity contribution in [3.63, 3.8) is 0 Å². The Morgan fingerprint density at radius 3 is 2.64 bits per heavy atom. The maximum Gasteiger partial charge on any atom is 0.317 e. The lowest BCUT2D eigenvalue weighted by Gasteiger charge is -2.48. The van der Waals surface area contributed by atoms with Crippen molar-refractivity contribution in [2.75, 3.05) is 37.7 Å². The van der Waals surface area contributed by atoms with E-state index in [2.05, 4.69) is 24.1 Å². The van der Waals surface area contributed by atoms with E-state index in [1.807, 2.05) is 29.2 Å². The molecule has 0 aromatic heterocycles. The number of carbonyl (C=O) groups excluding carboxylic acids is 2. The van der Waals surface area contributed by atoms with Gasteiger partial charge in [0, 0.05) is 37.4 Å². The van der Waals surface area contributed by atoms with E-state index in [1.54, 1.807) is 0 Å². The number of urea groups is 1. The van der Waals surface area contributed by atoms with Crippen LogP contribution in [0.2, 0.25) is 0 Å². The molecule has 1 aromatic rings. The van der Waals surface area contributed by atoms with Crippen molar-refractivity contribution in [3.8, 4) is 0 Å². The highest BCUT2D eigenvalue weighted by molar-refractivity contribution is 5.76. The second-order valence-electron chi connectivity index (χ2n) is 7.80. The SMILES string of the molecule is CC1(C)CC2CN(C(=O)NCCO)C[C@H]1N(c1ccc(C=O)cc1)C2. The predicted molar refractivity (Wildman–Crippen MR) is 96.9 cm³/mol. The predicted octanol–water partition coefficient (Wildman–Crippen LogP) is 1.74. The van der Waals surface area contributed by atoms with Crippen LogP contribution in [0.4, 0.5) is 10.5 Å². The van der Waals surface area contributed by atoms with E-state index in [4.69, 9.17) is 5.11 Å². The molecule has 6 heteroatoms. The first-order chi connectivity index (χ1) is 11.9. The quantitative estimate of drug-likeness (QED) is 0.816. The Balaban J connectivity index is 1.84. The van der Waals surface area contributed by atoms with Gasteiger partial charge in [0.25, 0.3) is 0 Å². The third kappa shape index (κ3) is 3.63. The number of nitrogens with one attached hydrogen (secondary N) is 1. The molecule has 0 aliphatic carbocycles. The molecule has 0 radical (unpaired) electrons. The molecule has 3 aliphatic heterocycles. The summed E-state index contributed by atoms with van der Waals surface area (Å²) in [7, 11) is 0. The van der Waals surface area contributed by atoms with Crippen molar-refractivity contribution >= 4 is 18.0 Å². The topological polar surface area (TPSA) is 72.9 Å². The van der Waals surface area contributed by atoms with E-state index in [-0.39, 0.29) is 30.6 Å². The zero-order chi connectivity index (χ0) is 18.0. The molecule has 3 aliphatic rings. The van der Waals surface area contributed by atoms with Gasteiger partial charge in [-0.05, 0) is 42.0 Å². The summed E-state index contributed by atoms with van der Waals surface area (Å²) in [6.45, 7) is 7.09. The fraction of sp³-hybridized carbons (Fsp3) is 0.579. The van der Waals surface area contributed by atoms with Crippen LogP contribution in [0.25, 0.3) is 0 Å². The minimum absolute atomic E-state index is 0.0485. The minimum Gasteiger partial charge on any atom is -0.395 e. The van der Waals surface area contributed by atoms with E-state index >= 15 is 0 Å². The monoisotopic (exact) mass is 345 g/mol. The normalized spacial score (nSPS) is 24.8. The van der Waals surface area contributed by atoms with Crippen molar-refractivity contribution in [1.29, 1.82) is 0 Å². The molecule has 136 valence electrons. The number of nitrogens with zero attached hydrogens (tertiary/aromatic N) is 2. The third-order valence-corrected chi connectivity index (χ3v) is 5.46. The summed E-state index contributed by atoms with van der Waals surface area (Å²) >= 11 is 0. The number of hydrogen-bond donors (Lipinski definition) is 2. The molecular weight excluding hydrogens is 318 g/mol. The standard InChI is InChI=1S/C19H27N3O3/c1-19(2)9-15-10-21(18(25)20-7-8-23)12-17(19)22(11-15)16-5-3-14(13-24)4-6-16/h3-6,13,15,17,23H,7-12H2,1-2H3,(H,20,25)/t15?,17-/m1/s1. The molecule has 3 fully saturated rings. The van der Waals surface area contributed by atoms with Gasteiger partial charge in [-0.1, -0.05) is 13.8 Å². The average Bonchev–Trinajstić information content (AvgIpc) is 2.86. The van der Waals surface area contributed by atoms with Gasteiger partial charge in [0.2, 0.25) is 0 Å².